The number of nitrogens with two attached hydrogens (primary N) is 1. The van der Waals surface area contributed by atoms with Gasteiger partial charge in [0.2, 0.25) is 11.8 Å². The lowest BCUT2D eigenvalue weighted by Gasteiger charge is -2.23. The van der Waals surface area contributed by atoms with Gasteiger partial charge in [-0.15, -0.1) is 10.2 Å². The third-order valence-electron chi connectivity index (χ3n) is 4.54. The van der Waals surface area contributed by atoms with E-state index in [9.17, 15) is 8.42 Å². The Morgan fingerprint density at radius 3 is 2.44 bits per heavy atom. The first-order valence-electron chi connectivity index (χ1n) is 9.13. The summed E-state index contributed by atoms with van der Waals surface area (Å²) in [6.07, 6.45) is -1.05. The molecule has 32 heavy (non-hydrogen) atoms. The van der Waals surface area contributed by atoms with Crippen LogP contribution in [-0.4, -0.2) is 24.7 Å². The highest BCUT2D eigenvalue weighted by molar-refractivity contribution is 7.84. The van der Waals surface area contributed by atoms with Crippen LogP contribution in [0.4, 0.5) is 5.69 Å². The van der Waals surface area contributed by atoms with Crippen LogP contribution >= 0.6 is 11.6 Å². The molecule has 0 saturated carbocycles. The average molecular weight is 473 g/mol. The molecule has 164 valence electrons. The van der Waals surface area contributed by atoms with Crippen molar-refractivity contribution in [2.24, 2.45) is 5.14 Å². The van der Waals surface area contributed by atoms with Crippen LogP contribution in [0.1, 0.15) is 35.5 Å². The van der Waals surface area contributed by atoms with Crippen molar-refractivity contribution in [1.82, 2.24) is 10.2 Å². The summed E-state index contributed by atoms with van der Waals surface area (Å²) < 4.78 is 33.7. The van der Waals surface area contributed by atoms with Gasteiger partial charge in [0.1, 0.15) is 18.2 Å². The first-order chi connectivity index (χ1) is 15.1. The van der Waals surface area contributed by atoms with Gasteiger partial charge >= 0.3 is 10.3 Å². The first-order valence-corrected chi connectivity index (χ1v) is 11.0. The minimum absolute atomic E-state index is 0.0281. The number of hydrogen-bond acceptors (Lipinski definition) is 9. The Balaban J connectivity index is 1.99. The van der Waals surface area contributed by atoms with E-state index < -0.39 is 22.4 Å². The Labute approximate surface area is 189 Å². The zero-order valence-corrected chi connectivity index (χ0v) is 18.5. The number of nitrogens with one attached hydrogen (secondary N) is 1. The summed E-state index contributed by atoms with van der Waals surface area (Å²) in [4.78, 5) is 0. The first kappa shape index (κ1) is 23.2. The van der Waals surface area contributed by atoms with Crippen molar-refractivity contribution in [2.75, 3.05) is 5.32 Å². The van der Waals surface area contributed by atoms with Crippen LogP contribution in [0.25, 0.3) is 11.5 Å². The molecule has 3 rings (SSSR count). The maximum absolute atomic E-state index is 11.5. The zero-order chi connectivity index (χ0) is 23.5. The zero-order valence-electron chi connectivity index (χ0n) is 16.9. The Morgan fingerprint density at radius 1 is 1.16 bits per heavy atom. The fraction of sp³-hybridized carbons (Fsp3) is 0.200. The summed E-state index contributed by atoms with van der Waals surface area (Å²) >= 11 is 6.24. The molecule has 12 heteroatoms. The van der Waals surface area contributed by atoms with Gasteiger partial charge in [-0.2, -0.15) is 18.9 Å². The Kier molecular flexibility index (Phi) is 6.77. The minimum atomic E-state index is -4.28. The molecule has 1 aromatic heterocycles. The lowest BCUT2D eigenvalue weighted by Crippen LogP contribution is -2.31. The number of anilines is 1. The lowest BCUT2D eigenvalue weighted by atomic mass is 10.1. The molecule has 2 unspecified atom stereocenters. The van der Waals surface area contributed by atoms with Crippen molar-refractivity contribution < 1.29 is 17.0 Å². The molecule has 2 aromatic carbocycles. The molecule has 2 atom stereocenters. The van der Waals surface area contributed by atoms with E-state index in [2.05, 4.69) is 15.5 Å². The number of benzene rings is 2. The minimum Gasteiger partial charge on any atom is -0.418 e. The summed E-state index contributed by atoms with van der Waals surface area (Å²) in [6, 6.07) is 12.7. The molecule has 3 aromatic rings. The Hall–Kier alpha value is -3.48. The molecule has 0 radical (unpaired) electrons. The van der Waals surface area contributed by atoms with Crippen LogP contribution in [0.2, 0.25) is 5.02 Å². The van der Waals surface area contributed by atoms with Crippen LogP contribution in [0.3, 0.4) is 0 Å². The lowest BCUT2D eigenvalue weighted by molar-refractivity contribution is 0.192. The fourth-order valence-corrected chi connectivity index (χ4v) is 3.65. The highest BCUT2D eigenvalue weighted by Crippen LogP contribution is 2.32. The van der Waals surface area contributed by atoms with Crippen LogP contribution in [0.5, 0.6) is 0 Å². The normalized spacial score (nSPS) is 13.1. The second-order valence-electron chi connectivity index (χ2n) is 6.76. The summed E-state index contributed by atoms with van der Waals surface area (Å²) in [5.74, 6) is 0.189. The topological polar surface area (TPSA) is 168 Å². The number of nitriles is 2. The monoisotopic (exact) mass is 472 g/mol. The maximum atomic E-state index is 11.5. The van der Waals surface area contributed by atoms with Gasteiger partial charge < -0.3 is 9.73 Å². The second-order valence-corrected chi connectivity index (χ2v) is 8.32. The van der Waals surface area contributed by atoms with Gasteiger partial charge in [0.05, 0.1) is 22.2 Å². The molecular formula is C20H17ClN6O4S. The van der Waals surface area contributed by atoms with Gasteiger partial charge in [0, 0.05) is 11.3 Å². The van der Waals surface area contributed by atoms with E-state index in [0.29, 0.717) is 27.9 Å². The second kappa shape index (κ2) is 9.34. The Bertz CT molecular complexity index is 1330. The quantitative estimate of drug-likeness (QED) is 0.524. The summed E-state index contributed by atoms with van der Waals surface area (Å²) in [5.41, 5.74) is 2.39. The van der Waals surface area contributed by atoms with Crippen molar-refractivity contribution in [3.05, 3.63) is 64.0 Å². The van der Waals surface area contributed by atoms with Gasteiger partial charge in [-0.05, 0) is 55.8 Å². The van der Waals surface area contributed by atoms with Gasteiger partial charge in [0.25, 0.3) is 0 Å². The van der Waals surface area contributed by atoms with E-state index in [1.54, 1.807) is 37.3 Å². The van der Waals surface area contributed by atoms with Crippen LogP contribution in [0, 0.1) is 29.6 Å². The van der Waals surface area contributed by atoms with Crippen LogP contribution < -0.4 is 10.5 Å². The van der Waals surface area contributed by atoms with Crippen LogP contribution in [-0.2, 0) is 14.5 Å². The highest BCUT2D eigenvalue weighted by Gasteiger charge is 2.30. The standard InChI is InChI=1S/C20H17ClN6O4S/c1-11-16(8-7-15(10-23)17(11)21)25-18(12(2)31-32(24,28)29)20-27-26-19(30-20)14-5-3-13(9-22)4-6-14/h3-8,12,18,25H,1-2H3,(H2,24,28,29). The van der Waals surface area contributed by atoms with E-state index in [1.165, 1.54) is 13.0 Å². The van der Waals surface area contributed by atoms with Crippen molar-refractivity contribution in [3.63, 3.8) is 0 Å². The van der Waals surface area contributed by atoms with Crippen molar-refractivity contribution in [2.45, 2.75) is 26.0 Å². The molecule has 0 aliphatic rings. The molecule has 0 amide bonds. The van der Waals surface area contributed by atoms with Crippen molar-refractivity contribution in [3.8, 4) is 23.6 Å². The predicted octanol–water partition coefficient (Wildman–Crippen LogP) is 3.20. The average Bonchev–Trinajstić information content (AvgIpc) is 3.23. The number of nitrogens with zero attached hydrogens (tertiary/aromatic N) is 4. The van der Waals surface area contributed by atoms with Crippen LogP contribution in [0.15, 0.2) is 40.8 Å². The van der Waals surface area contributed by atoms with Crippen molar-refractivity contribution >= 4 is 27.6 Å². The van der Waals surface area contributed by atoms with E-state index >= 15 is 0 Å². The molecule has 1 heterocycles. The fourth-order valence-electron chi connectivity index (χ4n) is 2.91. The molecule has 0 spiro atoms. The number of aromatic nitrogens is 2. The molecule has 0 fully saturated rings. The van der Waals surface area contributed by atoms with Gasteiger partial charge in [-0.3, -0.25) is 4.18 Å². The largest absolute Gasteiger partial charge is 0.418 e. The van der Waals surface area contributed by atoms with E-state index in [-0.39, 0.29) is 16.8 Å². The number of rotatable bonds is 7. The van der Waals surface area contributed by atoms with Gasteiger partial charge in [0.15, 0.2) is 0 Å². The number of halogens is 1. The summed E-state index contributed by atoms with van der Waals surface area (Å²) in [6.45, 7) is 3.16. The molecule has 0 aliphatic heterocycles. The third-order valence-corrected chi connectivity index (χ3v) is 5.60. The van der Waals surface area contributed by atoms with Crippen molar-refractivity contribution in [1.29, 1.82) is 10.5 Å². The molecular weight excluding hydrogens is 456 g/mol. The smallest absolute Gasteiger partial charge is 0.333 e. The molecule has 0 saturated heterocycles. The number of hydrogen-bond donors (Lipinski definition) is 2. The molecule has 3 N–H and O–H groups in total. The maximum Gasteiger partial charge on any atom is 0.333 e. The van der Waals surface area contributed by atoms with Gasteiger partial charge in [-0.1, -0.05) is 11.6 Å². The SMILES string of the molecule is Cc1c(NC(c2nnc(-c3ccc(C#N)cc3)o2)C(C)OS(N)(=O)=O)ccc(C#N)c1Cl. The van der Waals surface area contributed by atoms with E-state index in [0.717, 1.165) is 0 Å². The molecule has 0 aliphatic carbocycles. The Morgan fingerprint density at radius 2 is 1.84 bits per heavy atom. The third kappa shape index (κ3) is 5.22. The molecule has 0 bridgehead atoms. The van der Waals surface area contributed by atoms with E-state index in [1.807, 2.05) is 12.1 Å². The van der Waals surface area contributed by atoms with Gasteiger partial charge in [-0.25, -0.2) is 5.14 Å². The summed E-state index contributed by atoms with van der Waals surface area (Å²) in [7, 11) is -4.28. The van der Waals surface area contributed by atoms with E-state index in [4.69, 9.17) is 35.9 Å². The highest BCUT2D eigenvalue weighted by atomic mass is 35.5. The predicted molar refractivity (Wildman–Crippen MR) is 115 cm³/mol. The molecule has 10 nitrogen and oxygen atoms in total. The summed E-state index contributed by atoms with van der Waals surface area (Å²) in [5, 5.41) is 34.5.